The van der Waals surface area contributed by atoms with E-state index in [-0.39, 0.29) is 26.5 Å². The minimum Gasteiger partial charge on any atom is -0.386 e. The van der Waals surface area contributed by atoms with E-state index in [1.165, 1.54) is 27.6 Å². The Morgan fingerprint density at radius 3 is 2.15 bits per heavy atom. The van der Waals surface area contributed by atoms with Crippen LogP contribution < -0.4 is 5.56 Å². The highest BCUT2D eigenvalue weighted by molar-refractivity contribution is 8.44. The van der Waals surface area contributed by atoms with Crippen molar-refractivity contribution in [2.24, 2.45) is 0 Å². The first-order chi connectivity index (χ1) is 21.7. The standard InChI is InChI=1S/C22H21Cl3N6O11P2S2/c23-7-1-9-10(2-8(7)24)31(22(25)29-9)21-15(33)17-12(40-21)4-38-43(35,45)41-16-11(3-37-44(36,46)42-17)39-20(14(16)32)30-6-28-13-18(30)26-5-27-19(13)34/h1-2,5-6,11-12,14-17,20-21,32-33H,3-4H2,(H,35,45)(H,36,46)(H,26,27,34)/t11-,12-,14?,15?,16?,17?,20-,21-,43?,44?/m1/s1. The highest BCUT2D eigenvalue weighted by atomic mass is 35.5. The van der Waals surface area contributed by atoms with Crippen LogP contribution >= 0.6 is 72.9 Å². The van der Waals surface area contributed by atoms with Crippen LogP contribution in [0.15, 0.2) is 29.6 Å². The second-order valence-corrected chi connectivity index (χ2v) is 17.2. The second kappa shape index (κ2) is 12.3. The Labute approximate surface area is 282 Å². The van der Waals surface area contributed by atoms with Crippen molar-refractivity contribution >= 4 is 95.1 Å². The lowest BCUT2D eigenvalue weighted by Crippen LogP contribution is -2.38. The fourth-order valence-electron chi connectivity index (χ4n) is 5.47. The third-order valence-corrected chi connectivity index (χ3v) is 11.7. The van der Waals surface area contributed by atoms with Gasteiger partial charge in [-0.25, -0.2) is 24.1 Å². The lowest BCUT2D eigenvalue weighted by atomic mass is 10.1. The first-order valence-electron chi connectivity index (χ1n) is 13.1. The predicted octanol–water partition coefficient (Wildman–Crippen LogP) is 3.54. The van der Waals surface area contributed by atoms with Gasteiger partial charge in [0.05, 0.1) is 46.9 Å². The summed E-state index contributed by atoms with van der Waals surface area (Å²) >= 11 is 26.9. The molecular formula is C22H21Cl3N6O11P2S2. The van der Waals surface area contributed by atoms with E-state index in [2.05, 4.69) is 44.4 Å². The number of rotatable bonds is 2. The maximum atomic E-state index is 13.5. The van der Waals surface area contributed by atoms with E-state index in [4.69, 9.17) is 62.4 Å². The van der Waals surface area contributed by atoms with Gasteiger partial charge in [0.25, 0.3) is 5.56 Å². The van der Waals surface area contributed by atoms with Gasteiger partial charge in [0.2, 0.25) is 5.28 Å². The van der Waals surface area contributed by atoms with Gasteiger partial charge in [-0.3, -0.25) is 32.0 Å². The van der Waals surface area contributed by atoms with Crippen LogP contribution in [0.2, 0.25) is 15.3 Å². The monoisotopic (exact) mass is 776 g/mol. The lowest BCUT2D eigenvalue weighted by Gasteiger charge is -2.28. The number of nitrogens with one attached hydrogen (secondary N) is 1. The van der Waals surface area contributed by atoms with Gasteiger partial charge in [0.1, 0.15) is 36.6 Å². The number of thiol groups is 2. The topological polar surface area (TPSA) is 211 Å². The van der Waals surface area contributed by atoms with E-state index in [9.17, 15) is 24.1 Å². The minimum atomic E-state index is -4.33. The molecule has 248 valence electrons. The highest BCUT2D eigenvalue weighted by Crippen LogP contribution is 2.60. The molecule has 3 fully saturated rings. The number of hydrogen-bond acceptors (Lipinski definition) is 14. The number of nitrogens with zero attached hydrogens (tertiary/aromatic N) is 5. The number of aromatic amines is 1. The van der Waals surface area contributed by atoms with Crippen LogP contribution in [0.5, 0.6) is 0 Å². The quantitative estimate of drug-likeness (QED) is 0.146. The number of halogens is 3. The molecule has 1 aromatic carbocycles. The van der Waals surface area contributed by atoms with Crippen LogP contribution in [0.1, 0.15) is 12.5 Å². The number of imidazole rings is 2. The van der Waals surface area contributed by atoms with E-state index in [0.29, 0.717) is 11.0 Å². The molecule has 3 aromatic heterocycles. The summed E-state index contributed by atoms with van der Waals surface area (Å²) in [5.41, 5.74) is 0.193. The number of ether oxygens (including phenoxy) is 2. The van der Waals surface area contributed by atoms with Crippen LogP contribution in [-0.2, 0) is 36.7 Å². The molecule has 3 aliphatic rings. The van der Waals surface area contributed by atoms with E-state index in [1.54, 1.807) is 0 Å². The van der Waals surface area contributed by atoms with E-state index in [0.717, 1.165) is 6.33 Å². The Morgan fingerprint density at radius 1 is 0.913 bits per heavy atom. The van der Waals surface area contributed by atoms with E-state index < -0.39 is 81.4 Å². The highest BCUT2D eigenvalue weighted by Gasteiger charge is 2.53. The Balaban J connectivity index is 1.18. The number of aromatic nitrogens is 6. The van der Waals surface area contributed by atoms with Crippen molar-refractivity contribution in [1.29, 1.82) is 0 Å². The average Bonchev–Trinajstić information content (AvgIpc) is 3.71. The number of aliphatic hydroxyl groups is 2. The molecule has 10 atom stereocenters. The third kappa shape index (κ3) is 5.97. The molecule has 24 heteroatoms. The molecule has 7 rings (SSSR count). The smallest absolute Gasteiger partial charge is 0.386 e. The summed E-state index contributed by atoms with van der Waals surface area (Å²) in [5, 5.41) is 22.9. The van der Waals surface area contributed by atoms with E-state index in [1.807, 2.05) is 0 Å². The molecule has 17 nitrogen and oxygen atoms in total. The van der Waals surface area contributed by atoms with Gasteiger partial charge in [-0.15, -0.1) is 0 Å². The average molecular weight is 778 g/mol. The normalized spacial score (nSPS) is 37.2. The predicted molar refractivity (Wildman–Crippen MR) is 168 cm³/mol. The van der Waals surface area contributed by atoms with Crippen molar-refractivity contribution in [1.82, 2.24) is 29.1 Å². The third-order valence-electron chi connectivity index (χ3n) is 7.51. The number of hydrogen-bond donors (Lipinski definition) is 5. The zero-order valence-electron chi connectivity index (χ0n) is 22.6. The molecule has 46 heavy (non-hydrogen) atoms. The van der Waals surface area contributed by atoms with Crippen molar-refractivity contribution < 1.29 is 46.9 Å². The molecule has 0 spiro atoms. The summed E-state index contributed by atoms with van der Waals surface area (Å²) in [6.45, 7) is -9.82. The van der Waals surface area contributed by atoms with Gasteiger partial charge in [0, 0.05) is 0 Å². The molecule has 3 saturated heterocycles. The number of benzene rings is 1. The number of fused-ring (bicyclic) bond motifs is 4. The Kier molecular flexibility index (Phi) is 8.87. The van der Waals surface area contributed by atoms with Crippen LogP contribution in [0.4, 0.5) is 0 Å². The fourth-order valence-corrected chi connectivity index (χ4v) is 9.04. The Bertz CT molecular complexity index is 2000. The molecule has 0 amide bonds. The molecule has 0 aliphatic carbocycles. The summed E-state index contributed by atoms with van der Waals surface area (Å²) in [4.78, 5) is 26.8. The van der Waals surface area contributed by atoms with Gasteiger partial charge >= 0.3 is 13.6 Å². The lowest BCUT2D eigenvalue weighted by molar-refractivity contribution is -0.0560. The van der Waals surface area contributed by atoms with Crippen LogP contribution in [0.3, 0.4) is 0 Å². The SMILES string of the molecule is O=c1[nH]cnc2c1ncn2[C@@H]1O[C@@H]2COP(=O)(S)OC3C(O)[C@H](n4c(Cl)nc5cc(Cl)c(Cl)cc54)O[C@@H]3COP(=O)(S)OC2C1O. The Morgan fingerprint density at radius 2 is 1.50 bits per heavy atom. The summed E-state index contributed by atoms with van der Waals surface area (Å²) in [5.74, 6) is 0. The van der Waals surface area contributed by atoms with E-state index >= 15 is 0 Å². The van der Waals surface area contributed by atoms with Crippen LogP contribution in [-0.4, -0.2) is 89.1 Å². The van der Waals surface area contributed by atoms with Gasteiger partial charge in [-0.05, 0) is 23.7 Å². The Hall–Kier alpha value is -1.25. The van der Waals surface area contributed by atoms with Gasteiger partial charge < -0.3 is 24.7 Å². The minimum absolute atomic E-state index is 0.0295. The first-order valence-corrected chi connectivity index (χ1v) is 19.7. The molecule has 3 N–H and O–H groups in total. The zero-order valence-corrected chi connectivity index (χ0v) is 28.4. The molecule has 6 unspecified atom stereocenters. The van der Waals surface area contributed by atoms with Gasteiger partial charge in [-0.2, -0.15) is 0 Å². The molecule has 0 bridgehead atoms. The van der Waals surface area contributed by atoms with Crippen molar-refractivity contribution in [2.75, 3.05) is 13.2 Å². The van der Waals surface area contributed by atoms with Gasteiger partial charge in [-0.1, -0.05) is 47.7 Å². The maximum Gasteiger partial charge on any atom is 0.386 e. The molecule has 3 aliphatic heterocycles. The fraction of sp³-hybridized carbons (Fsp3) is 0.455. The largest absolute Gasteiger partial charge is 0.386 e. The molecule has 0 radical (unpaired) electrons. The maximum absolute atomic E-state index is 13.5. The molecule has 6 heterocycles. The first kappa shape index (κ1) is 33.3. The molecule has 4 aromatic rings. The summed E-state index contributed by atoms with van der Waals surface area (Å²) in [6, 6.07) is 2.94. The van der Waals surface area contributed by atoms with Crippen molar-refractivity contribution in [3.05, 3.63) is 50.5 Å². The van der Waals surface area contributed by atoms with Crippen molar-refractivity contribution in [3.8, 4) is 0 Å². The summed E-state index contributed by atoms with van der Waals surface area (Å²) in [7, 11) is 0. The summed E-state index contributed by atoms with van der Waals surface area (Å²) in [6.07, 6.45) is -8.79. The number of H-pyrrole nitrogens is 1. The van der Waals surface area contributed by atoms with Crippen LogP contribution in [0, 0.1) is 0 Å². The molecule has 0 saturated carbocycles. The number of aliphatic hydroxyl groups excluding tert-OH is 2. The van der Waals surface area contributed by atoms with Crippen molar-refractivity contribution in [3.63, 3.8) is 0 Å². The summed E-state index contributed by atoms with van der Waals surface area (Å²) < 4.78 is 63.8. The van der Waals surface area contributed by atoms with Gasteiger partial charge in [0.15, 0.2) is 23.6 Å². The second-order valence-electron chi connectivity index (χ2n) is 10.3. The zero-order chi connectivity index (χ0) is 32.7. The van der Waals surface area contributed by atoms with Crippen molar-refractivity contribution in [2.45, 2.75) is 49.1 Å². The van der Waals surface area contributed by atoms with Crippen LogP contribution in [0.25, 0.3) is 22.2 Å². The molecular weight excluding hydrogens is 757 g/mol.